The van der Waals surface area contributed by atoms with E-state index >= 15 is 0 Å². The number of nitrogens with zero attached hydrogens (tertiary/aromatic N) is 2. The van der Waals surface area contributed by atoms with Crippen LogP contribution in [0.15, 0.2) is 29.3 Å². The van der Waals surface area contributed by atoms with Crippen LogP contribution in [-0.2, 0) is 6.54 Å². The first-order valence-corrected chi connectivity index (χ1v) is 7.81. The van der Waals surface area contributed by atoms with Gasteiger partial charge in [-0.3, -0.25) is 4.99 Å². The third-order valence-corrected chi connectivity index (χ3v) is 3.82. The van der Waals surface area contributed by atoms with E-state index < -0.39 is 0 Å². The van der Waals surface area contributed by atoms with Crippen LogP contribution < -0.4 is 15.5 Å². The minimum Gasteiger partial charge on any atom is -0.378 e. The van der Waals surface area contributed by atoms with Crippen molar-refractivity contribution >= 4 is 11.6 Å². The number of hydrogen-bond acceptors (Lipinski definition) is 2. The van der Waals surface area contributed by atoms with Crippen LogP contribution in [0.3, 0.4) is 0 Å². The molecule has 0 spiro atoms. The van der Waals surface area contributed by atoms with Crippen LogP contribution >= 0.6 is 0 Å². The summed E-state index contributed by atoms with van der Waals surface area (Å²) >= 11 is 0. The highest BCUT2D eigenvalue weighted by atomic mass is 15.2. The maximum atomic E-state index is 4.29. The summed E-state index contributed by atoms with van der Waals surface area (Å²) in [5.41, 5.74) is 2.47. The highest BCUT2D eigenvalue weighted by Gasteiger charge is 2.05. The first-order chi connectivity index (χ1) is 10.1. The molecule has 0 aromatic heterocycles. The van der Waals surface area contributed by atoms with E-state index in [4.69, 9.17) is 0 Å². The molecule has 21 heavy (non-hydrogen) atoms. The lowest BCUT2D eigenvalue weighted by atomic mass is 10.0. The Hall–Kier alpha value is -1.71. The lowest BCUT2D eigenvalue weighted by Gasteiger charge is -2.17. The van der Waals surface area contributed by atoms with Crippen molar-refractivity contribution in [3.8, 4) is 0 Å². The zero-order valence-corrected chi connectivity index (χ0v) is 14.1. The van der Waals surface area contributed by atoms with E-state index in [1.807, 2.05) is 7.05 Å². The fourth-order valence-electron chi connectivity index (χ4n) is 2.17. The van der Waals surface area contributed by atoms with Crippen LogP contribution in [0.1, 0.15) is 32.3 Å². The molecule has 0 bridgehead atoms. The second-order valence-corrected chi connectivity index (χ2v) is 5.55. The molecule has 0 aliphatic carbocycles. The third-order valence-electron chi connectivity index (χ3n) is 3.82. The van der Waals surface area contributed by atoms with Gasteiger partial charge in [-0.1, -0.05) is 38.8 Å². The van der Waals surface area contributed by atoms with Crippen molar-refractivity contribution in [1.82, 2.24) is 10.6 Å². The summed E-state index contributed by atoms with van der Waals surface area (Å²) in [6.45, 7) is 6.23. The second kappa shape index (κ2) is 9.27. The van der Waals surface area contributed by atoms with Crippen LogP contribution in [0.2, 0.25) is 0 Å². The zero-order valence-electron chi connectivity index (χ0n) is 14.1. The number of nitrogens with one attached hydrogen (secondary N) is 2. The van der Waals surface area contributed by atoms with E-state index in [2.05, 4.69) is 72.7 Å². The summed E-state index contributed by atoms with van der Waals surface area (Å²) in [5, 5.41) is 6.78. The van der Waals surface area contributed by atoms with Crippen LogP contribution in [-0.4, -0.2) is 33.6 Å². The first kappa shape index (κ1) is 17.3. The molecule has 0 saturated heterocycles. The Morgan fingerprint density at radius 1 is 1.19 bits per heavy atom. The van der Waals surface area contributed by atoms with Crippen molar-refractivity contribution in [2.45, 2.75) is 33.2 Å². The summed E-state index contributed by atoms with van der Waals surface area (Å²) in [7, 11) is 5.93. The zero-order chi connectivity index (χ0) is 15.7. The normalized spacial score (nSPS) is 11.6. The topological polar surface area (TPSA) is 39.7 Å². The van der Waals surface area contributed by atoms with Gasteiger partial charge in [-0.25, -0.2) is 0 Å². The van der Waals surface area contributed by atoms with Gasteiger partial charge in [0.25, 0.3) is 0 Å². The molecular formula is C17H30N4. The summed E-state index contributed by atoms with van der Waals surface area (Å²) in [6, 6.07) is 8.53. The maximum Gasteiger partial charge on any atom is 0.191 e. The van der Waals surface area contributed by atoms with Gasteiger partial charge < -0.3 is 15.5 Å². The molecule has 2 N–H and O–H groups in total. The lowest BCUT2D eigenvalue weighted by molar-refractivity contribution is 0.481. The van der Waals surface area contributed by atoms with E-state index in [1.54, 1.807) is 0 Å². The second-order valence-electron chi connectivity index (χ2n) is 5.55. The molecule has 0 heterocycles. The van der Waals surface area contributed by atoms with Crippen LogP contribution in [0, 0.1) is 5.92 Å². The number of rotatable bonds is 7. The minimum atomic E-state index is 0.709. The Balaban J connectivity index is 2.50. The Labute approximate surface area is 129 Å². The average Bonchev–Trinajstić information content (AvgIpc) is 2.51. The lowest BCUT2D eigenvalue weighted by Crippen LogP contribution is -2.39. The summed E-state index contributed by atoms with van der Waals surface area (Å²) in [5.74, 6) is 1.58. The summed E-state index contributed by atoms with van der Waals surface area (Å²) in [6.07, 6.45) is 2.40. The SMILES string of the molecule is CCC(CC)CNC(=NC)NCc1cccc(N(C)C)c1. The molecule has 1 aromatic carbocycles. The molecule has 0 aliphatic heterocycles. The van der Waals surface area contributed by atoms with Crippen molar-refractivity contribution in [2.24, 2.45) is 10.9 Å². The molecule has 1 rings (SSSR count). The van der Waals surface area contributed by atoms with Crippen molar-refractivity contribution < 1.29 is 0 Å². The van der Waals surface area contributed by atoms with Gasteiger partial charge in [0, 0.05) is 39.9 Å². The standard InChI is InChI=1S/C17H30N4/c1-6-14(7-2)12-19-17(18-3)20-13-15-9-8-10-16(11-15)21(4)5/h8-11,14H,6-7,12-13H2,1-5H3,(H2,18,19,20). The first-order valence-electron chi connectivity index (χ1n) is 7.81. The minimum absolute atomic E-state index is 0.709. The summed E-state index contributed by atoms with van der Waals surface area (Å²) < 4.78 is 0. The monoisotopic (exact) mass is 290 g/mol. The molecule has 0 saturated carbocycles. The smallest absolute Gasteiger partial charge is 0.191 e. The quantitative estimate of drug-likeness (QED) is 0.599. The van der Waals surface area contributed by atoms with E-state index in [0.717, 1.165) is 19.0 Å². The van der Waals surface area contributed by atoms with Crippen molar-refractivity contribution in [2.75, 3.05) is 32.6 Å². The number of guanidine groups is 1. The fraction of sp³-hybridized carbons (Fsp3) is 0.588. The molecule has 0 unspecified atom stereocenters. The Bertz CT molecular complexity index is 436. The van der Waals surface area contributed by atoms with Gasteiger partial charge in [-0.2, -0.15) is 0 Å². The van der Waals surface area contributed by atoms with Gasteiger partial charge in [0.05, 0.1) is 0 Å². The molecule has 0 amide bonds. The van der Waals surface area contributed by atoms with Gasteiger partial charge in [0.1, 0.15) is 0 Å². The summed E-state index contributed by atoms with van der Waals surface area (Å²) in [4.78, 5) is 6.40. The van der Waals surface area contributed by atoms with Gasteiger partial charge >= 0.3 is 0 Å². The number of anilines is 1. The predicted molar refractivity (Wildman–Crippen MR) is 93.0 cm³/mol. The average molecular weight is 290 g/mol. The molecule has 118 valence electrons. The van der Waals surface area contributed by atoms with E-state index in [0.29, 0.717) is 5.92 Å². The molecular weight excluding hydrogens is 260 g/mol. The molecule has 0 atom stereocenters. The Morgan fingerprint density at radius 3 is 2.48 bits per heavy atom. The van der Waals surface area contributed by atoms with Gasteiger partial charge in [-0.05, 0) is 23.6 Å². The molecule has 0 fully saturated rings. The Kier molecular flexibility index (Phi) is 7.65. The Morgan fingerprint density at radius 2 is 1.90 bits per heavy atom. The van der Waals surface area contributed by atoms with Crippen molar-refractivity contribution in [1.29, 1.82) is 0 Å². The third kappa shape index (κ3) is 6.06. The van der Waals surface area contributed by atoms with E-state index in [9.17, 15) is 0 Å². The molecule has 0 aliphatic rings. The van der Waals surface area contributed by atoms with Crippen LogP contribution in [0.25, 0.3) is 0 Å². The van der Waals surface area contributed by atoms with E-state index in [-0.39, 0.29) is 0 Å². The molecule has 0 radical (unpaired) electrons. The van der Waals surface area contributed by atoms with Crippen LogP contribution in [0.4, 0.5) is 5.69 Å². The largest absolute Gasteiger partial charge is 0.378 e. The molecule has 1 aromatic rings. The van der Waals surface area contributed by atoms with Gasteiger partial charge in [-0.15, -0.1) is 0 Å². The highest BCUT2D eigenvalue weighted by Crippen LogP contribution is 2.13. The predicted octanol–water partition coefficient (Wildman–Crippen LogP) is 2.85. The number of benzene rings is 1. The maximum absolute atomic E-state index is 4.29. The van der Waals surface area contributed by atoms with Crippen molar-refractivity contribution in [3.63, 3.8) is 0 Å². The number of aliphatic imine (C=N–C) groups is 1. The van der Waals surface area contributed by atoms with E-state index in [1.165, 1.54) is 24.1 Å². The fourth-order valence-corrected chi connectivity index (χ4v) is 2.17. The molecule has 4 nitrogen and oxygen atoms in total. The van der Waals surface area contributed by atoms with Gasteiger partial charge in [0.15, 0.2) is 5.96 Å². The van der Waals surface area contributed by atoms with Gasteiger partial charge in [0.2, 0.25) is 0 Å². The number of hydrogen-bond donors (Lipinski definition) is 2. The van der Waals surface area contributed by atoms with Crippen LogP contribution in [0.5, 0.6) is 0 Å². The van der Waals surface area contributed by atoms with Crippen molar-refractivity contribution in [3.05, 3.63) is 29.8 Å². The molecule has 4 heteroatoms. The highest BCUT2D eigenvalue weighted by molar-refractivity contribution is 5.79.